The molecule has 2 aromatic carbocycles. The molecule has 0 saturated heterocycles. The van der Waals surface area contributed by atoms with E-state index < -0.39 is 0 Å². The van der Waals surface area contributed by atoms with Crippen LogP contribution in [0.4, 0.5) is 10.1 Å². The molecule has 3 nitrogen and oxygen atoms in total. The van der Waals surface area contributed by atoms with Crippen molar-refractivity contribution in [2.75, 3.05) is 18.5 Å². The van der Waals surface area contributed by atoms with Crippen LogP contribution in [0.2, 0.25) is 0 Å². The average molecular weight is 301 g/mol. The Bertz CT molecular complexity index is 672. The van der Waals surface area contributed by atoms with Crippen LogP contribution >= 0.6 is 0 Å². The van der Waals surface area contributed by atoms with E-state index in [1.165, 1.54) is 6.07 Å². The summed E-state index contributed by atoms with van der Waals surface area (Å²) in [6, 6.07) is 11.2. The topological polar surface area (TPSA) is 30.5 Å². The Balaban J connectivity index is 1.78. The van der Waals surface area contributed by atoms with Crippen molar-refractivity contribution < 1.29 is 13.9 Å². The molecular weight excluding hydrogens is 281 g/mol. The Kier molecular flexibility index (Phi) is 4.18. The Morgan fingerprint density at radius 1 is 1.05 bits per heavy atom. The van der Waals surface area contributed by atoms with Gasteiger partial charge in [0.25, 0.3) is 0 Å². The number of benzene rings is 2. The highest BCUT2D eigenvalue weighted by Crippen LogP contribution is 2.33. The SMILES string of the molecule is Cc1ccc(NC(C)c2ccc3c(c2)OCCCO3)cc1F. The highest BCUT2D eigenvalue weighted by atomic mass is 19.1. The van der Waals surface area contributed by atoms with Gasteiger partial charge < -0.3 is 14.8 Å². The fourth-order valence-electron chi connectivity index (χ4n) is 2.47. The first-order valence-corrected chi connectivity index (χ1v) is 7.56. The van der Waals surface area contributed by atoms with Gasteiger partial charge in [0, 0.05) is 18.2 Å². The Hall–Kier alpha value is -2.23. The average Bonchev–Trinajstić information content (AvgIpc) is 2.75. The lowest BCUT2D eigenvalue weighted by molar-refractivity contribution is 0.297. The van der Waals surface area contributed by atoms with Crippen molar-refractivity contribution in [1.29, 1.82) is 0 Å². The van der Waals surface area contributed by atoms with Gasteiger partial charge in [-0.2, -0.15) is 0 Å². The van der Waals surface area contributed by atoms with Gasteiger partial charge in [0.1, 0.15) is 5.82 Å². The molecule has 0 aliphatic carbocycles. The maximum atomic E-state index is 13.6. The number of nitrogens with one attached hydrogen (secondary N) is 1. The lowest BCUT2D eigenvalue weighted by atomic mass is 10.1. The summed E-state index contributed by atoms with van der Waals surface area (Å²) < 4.78 is 25.0. The van der Waals surface area contributed by atoms with Gasteiger partial charge in [-0.25, -0.2) is 4.39 Å². The van der Waals surface area contributed by atoms with E-state index in [0.29, 0.717) is 18.8 Å². The number of fused-ring (bicyclic) bond motifs is 1. The van der Waals surface area contributed by atoms with Crippen LogP contribution in [-0.4, -0.2) is 13.2 Å². The van der Waals surface area contributed by atoms with Gasteiger partial charge in [-0.1, -0.05) is 12.1 Å². The monoisotopic (exact) mass is 301 g/mol. The van der Waals surface area contributed by atoms with Gasteiger partial charge >= 0.3 is 0 Å². The molecule has 0 bridgehead atoms. The van der Waals surface area contributed by atoms with Gasteiger partial charge in [0.05, 0.1) is 13.2 Å². The summed E-state index contributed by atoms with van der Waals surface area (Å²) in [6.45, 7) is 5.15. The summed E-state index contributed by atoms with van der Waals surface area (Å²) in [5, 5.41) is 3.31. The quantitative estimate of drug-likeness (QED) is 0.907. The van der Waals surface area contributed by atoms with E-state index in [2.05, 4.69) is 5.32 Å². The highest BCUT2D eigenvalue weighted by molar-refractivity contribution is 5.49. The summed E-state index contributed by atoms with van der Waals surface area (Å²) >= 11 is 0. The van der Waals surface area contributed by atoms with Crippen molar-refractivity contribution in [3.63, 3.8) is 0 Å². The van der Waals surface area contributed by atoms with Gasteiger partial charge in [-0.05, 0) is 49.2 Å². The zero-order valence-electron chi connectivity index (χ0n) is 12.9. The molecule has 0 radical (unpaired) electrons. The first-order valence-electron chi connectivity index (χ1n) is 7.56. The molecule has 0 aromatic heterocycles. The predicted octanol–water partition coefficient (Wildman–Crippen LogP) is 4.47. The predicted molar refractivity (Wildman–Crippen MR) is 85.2 cm³/mol. The van der Waals surface area contributed by atoms with Crippen LogP contribution in [0.1, 0.15) is 30.5 Å². The van der Waals surface area contributed by atoms with Crippen LogP contribution in [-0.2, 0) is 0 Å². The number of aryl methyl sites for hydroxylation is 1. The number of anilines is 1. The standard InChI is InChI=1S/C18H20FNO2/c1-12-4-6-15(11-16(12)19)20-13(2)14-5-7-17-18(10-14)22-9-3-8-21-17/h4-7,10-11,13,20H,3,8-9H2,1-2H3. The van der Waals surface area contributed by atoms with E-state index in [4.69, 9.17) is 9.47 Å². The Labute approximate surface area is 130 Å². The van der Waals surface area contributed by atoms with Crippen molar-refractivity contribution in [2.24, 2.45) is 0 Å². The number of hydrogen-bond acceptors (Lipinski definition) is 3. The van der Waals surface area contributed by atoms with Gasteiger partial charge in [0.15, 0.2) is 11.5 Å². The summed E-state index contributed by atoms with van der Waals surface area (Å²) in [7, 11) is 0. The molecule has 1 atom stereocenters. The molecule has 1 unspecified atom stereocenters. The molecule has 1 aliphatic rings. The van der Waals surface area contributed by atoms with Crippen molar-refractivity contribution in [3.8, 4) is 11.5 Å². The number of ether oxygens (including phenoxy) is 2. The third-order valence-electron chi connectivity index (χ3n) is 3.83. The van der Waals surface area contributed by atoms with E-state index in [-0.39, 0.29) is 11.9 Å². The van der Waals surface area contributed by atoms with Gasteiger partial charge in [-0.3, -0.25) is 0 Å². The smallest absolute Gasteiger partial charge is 0.161 e. The number of halogens is 1. The summed E-state index contributed by atoms with van der Waals surface area (Å²) in [6.07, 6.45) is 0.889. The summed E-state index contributed by atoms with van der Waals surface area (Å²) in [4.78, 5) is 0. The molecule has 4 heteroatoms. The molecular formula is C18H20FNO2. The molecule has 1 heterocycles. The Morgan fingerprint density at radius 2 is 1.82 bits per heavy atom. The lowest BCUT2D eigenvalue weighted by Gasteiger charge is -2.18. The molecule has 22 heavy (non-hydrogen) atoms. The normalized spacial score (nSPS) is 15.0. The van der Waals surface area contributed by atoms with Crippen molar-refractivity contribution >= 4 is 5.69 Å². The van der Waals surface area contributed by atoms with Crippen LogP contribution in [0.15, 0.2) is 36.4 Å². The fourth-order valence-corrected chi connectivity index (χ4v) is 2.47. The van der Waals surface area contributed by atoms with Crippen molar-refractivity contribution in [2.45, 2.75) is 26.3 Å². The van der Waals surface area contributed by atoms with Gasteiger partial charge in [0.2, 0.25) is 0 Å². The van der Waals surface area contributed by atoms with Gasteiger partial charge in [-0.15, -0.1) is 0 Å². The molecule has 1 aliphatic heterocycles. The Morgan fingerprint density at radius 3 is 2.59 bits per heavy atom. The molecule has 0 spiro atoms. The second-order valence-corrected chi connectivity index (χ2v) is 5.59. The maximum Gasteiger partial charge on any atom is 0.161 e. The minimum Gasteiger partial charge on any atom is -0.490 e. The van der Waals surface area contributed by atoms with E-state index >= 15 is 0 Å². The van der Waals surface area contributed by atoms with E-state index in [0.717, 1.165) is 29.2 Å². The third-order valence-corrected chi connectivity index (χ3v) is 3.83. The lowest BCUT2D eigenvalue weighted by Crippen LogP contribution is -2.07. The molecule has 3 rings (SSSR count). The first kappa shape index (κ1) is 14.7. The highest BCUT2D eigenvalue weighted by Gasteiger charge is 2.14. The van der Waals surface area contributed by atoms with E-state index in [9.17, 15) is 4.39 Å². The molecule has 116 valence electrons. The summed E-state index contributed by atoms with van der Waals surface area (Å²) in [5.41, 5.74) is 2.49. The minimum absolute atomic E-state index is 0.0410. The number of hydrogen-bond donors (Lipinski definition) is 1. The van der Waals surface area contributed by atoms with Crippen LogP contribution in [0.25, 0.3) is 0 Å². The molecule has 0 amide bonds. The number of rotatable bonds is 3. The largest absolute Gasteiger partial charge is 0.490 e. The van der Waals surface area contributed by atoms with Crippen molar-refractivity contribution in [1.82, 2.24) is 0 Å². The molecule has 1 N–H and O–H groups in total. The third kappa shape index (κ3) is 3.16. The zero-order chi connectivity index (χ0) is 15.5. The molecule has 0 fully saturated rings. The zero-order valence-corrected chi connectivity index (χ0v) is 12.9. The molecule has 2 aromatic rings. The minimum atomic E-state index is -0.198. The van der Waals surface area contributed by atoms with Crippen LogP contribution < -0.4 is 14.8 Å². The molecule has 0 saturated carbocycles. The van der Waals surface area contributed by atoms with Crippen LogP contribution in [0.3, 0.4) is 0 Å². The van der Waals surface area contributed by atoms with Crippen LogP contribution in [0.5, 0.6) is 11.5 Å². The van der Waals surface area contributed by atoms with Crippen molar-refractivity contribution in [3.05, 3.63) is 53.3 Å². The first-order chi connectivity index (χ1) is 10.6. The van der Waals surface area contributed by atoms with Crippen LogP contribution in [0, 0.1) is 12.7 Å². The van der Waals surface area contributed by atoms with E-state index in [1.807, 2.05) is 31.2 Å². The van der Waals surface area contributed by atoms with E-state index in [1.54, 1.807) is 13.0 Å². The maximum absolute atomic E-state index is 13.6. The summed E-state index contributed by atoms with van der Waals surface area (Å²) in [5.74, 6) is 1.37. The fraction of sp³-hybridized carbons (Fsp3) is 0.333. The second-order valence-electron chi connectivity index (χ2n) is 5.59. The second kappa shape index (κ2) is 6.26.